The van der Waals surface area contributed by atoms with Crippen molar-refractivity contribution in [1.29, 1.82) is 0 Å². The van der Waals surface area contributed by atoms with Crippen molar-refractivity contribution in [2.75, 3.05) is 25.0 Å². The average Bonchev–Trinajstić information content (AvgIpc) is 3.25. The van der Waals surface area contributed by atoms with Crippen LogP contribution >= 0.6 is 11.3 Å². The molecule has 1 aromatic carbocycles. The third-order valence-corrected chi connectivity index (χ3v) is 6.45. The van der Waals surface area contributed by atoms with E-state index in [-0.39, 0.29) is 12.5 Å². The summed E-state index contributed by atoms with van der Waals surface area (Å²) in [5.41, 5.74) is 2.15. The van der Waals surface area contributed by atoms with Gasteiger partial charge >= 0.3 is 0 Å². The zero-order chi connectivity index (χ0) is 19.5. The van der Waals surface area contributed by atoms with Crippen molar-refractivity contribution in [3.63, 3.8) is 0 Å². The first-order chi connectivity index (χ1) is 13.6. The molecule has 0 radical (unpaired) electrons. The third-order valence-electron chi connectivity index (χ3n) is 5.55. The van der Waals surface area contributed by atoms with Crippen LogP contribution in [-0.2, 0) is 17.8 Å². The molecule has 1 aliphatic heterocycles. The summed E-state index contributed by atoms with van der Waals surface area (Å²) in [4.78, 5) is 15.0. The summed E-state index contributed by atoms with van der Waals surface area (Å²) in [6.45, 7) is 8.00. The van der Waals surface area contributed by atoms with Crippen LogP contribution in [0.3, 0.4) is 0 Å². The summed E-state index contributed by atoms with van der Waals surface area (Å²) in [6, 6.07) is 10.2. The SMILES string of the molecule is Cc1cc2ccccc2n1CC(=O)Nc1nnc(CCN2CCC(C)CC2)s1. The number of fused-ring (bicyclic) bond motifs is 1. The molecule has 3 aromatic rings. The van der Waals surface area contributed by atoms with Gasteiger partial charge in [-0.25, -0.2) is 0 Å². The van der Waals surface area contributed by atoms with Gasteiger partial charge in [0.05, 0.1) is 0 Å². The number of hydrogen-bond acceptors (Lipinski definition) is 5. The number of para-hydroxylation sites is 1. The highest BCUT2D eigenvalue weighted by atomic mass is 32.1. The van der Waals surface area contributed by atoms with Gasteiger partial charge in [0.25, 0.3) is 0 Å². The molecule has 148 valence electrons. The number of carbonyl (C=O) groups is 1. The maximum Gasteiger partial charge on any atom is 0.246 e. The molecule has 0 unspecified atom stereocenters. The molecule has 1 N–H and O–H groups in total. The highest BCUT2D eigenvalue weighted by Crippen LogP contribution is 2.21. The standard InChI is InChI=1S/C21H27N5OS/c1-15-7-10-25(11-8-15)12-9-20-23-24-21(28-20)22-19(27)14-26-16(2)13-17-5-3-4-6-18(17)26/h3-6,13,15H,7-12,14H2,1-2H3,(H,22,24,27). The van der Waals surface area contributed by atoms with Crippen LogP contribution in [0, 0.1) is 12.8 Å². The smallest absolute Gasteiger partial charge is 0.246 e. The summed E-state index contributed by atoms with van der Waals surface area (Å²) < 4.78 is 2.03. The number of carbonyl (C=O) groups excluding carboxylic acids is 1. The monoisotopic (exact) mass is 397 g/mol. The molecule has 2 aromatic heterocycles. The number of anilines is 1. The number of nitrogens with zero attached hydrogens (tertiary/aromatic N) is 4. The van der Waals surface area contributed by atoms with E-state index in [1.54, 1.807) is 0 Å². The Morgan fingerprint density at radius 2 is 2.04 bits per heavy atom. The van der Waals surface area contributed by atoms with E-state index in [2.05, 4.69) is 39.5 Å². The quantitative estimate of drug-likeness (QED) is 0.689. The summed E-state index contributed by atoms with van der Waals surface area (Å²) in [7, 11) is 0. The average molecular weight is 398 g/mol. The summed E-state index contributed by atoms with van der Waals surface area (Å²) >= 11 is 1.48. The first-order valence-electron chi connectivity index (χ1n) is 9.98. The highest BCUT2D eigenvalue weighted by Gasteiger charge is 2.16. The Balaban J connectivity index is 1.32. The largest absolute Gasteiger partial charge is 0.335 e. The van der Waals surface area contributed by atoms with Gasteiger partial charge in [-0.2, -0.15) is 0 Å². The Bertz CT molecular complexity index is 955. The minimum Gasteiger partial charge on any atom is -0.335 e. The van der Waals surface area contributed by atoms with Crippen LogP contribution in [0.1, 0.15) is 30.5 Å². The Labute approximate surface area is 169 Å². The van der Waals surface area contributed by atoms with Crippen LogP contribution in [0.25, 0.3) is 10.9 Å². The first kappa shape index (κ1) is 19.1. The van der Waals surface area contributed by atoms with Crippen molar-refractivity contribution in [3.05, 3.63) is 41.0 Å². The Kier molecular flexibility index (Phi) is 5.73. The van der Waals surface area contributed by atoms with Crippen molar-refractivity contribution < 1.29 is 4.79 Å². The maximum atomic E-state index is 12.5. The van der Waals surface area contributed by atoms with Crippen molar-refractivity contribution in [2.45, 2.75) is 39.7 Å². The number of amides is 1. The van der Waals surface area contributed by atoms with Gasteiger partial charge in [0, 0.05) is 24.2 Å². The van der Waals surface area contributed by atoms with Gasteiger partial charge in [-0.3, -0.25) is 10.1 Å². The molecular weight excluding hydrogens is 370 g/mol. The first-order valence-corrected chi connectivity index (χ1v) is 10.8. The minimum absolute atomic E-state index is 0.0721. The van der Waals surface area contributed by atoms with Crippen LogP contribution in [0.15, 0.2) is 30.3 Å². The zero-order valence-corrected chi connectivity index (χ0v) is 17.3. The number of rotatable bonds is 6. The molecule has 0 atom stereocenters. The Morgan fingerprint density at radius 1 is 1.25 bits per heavy atom. The Morgan fingerprint density at radius 3 is 2.86 bits per heavy atom. The topological polar surface area (TPSA) is 63.1 Å². The molecule has 3 heterocycles. The van der Waals surface area contributed by atoms with Gasteiger partial charge < -0.3 is 9.47 Å². The van der Waals surface area contributed by atoms with Gasteiger partial charge in [0.1, 0.15) is 11.6 Å². The van der Waals surface area contributed by atoms with E-state index in [1.165, 1.54) is 37.3 Å². The number of benzene rings is 1. The third kappa shape index (κ3) is 4.42. The molecule has 7 heteroatoms. The van der Waals surface area contributed by atoms with E-state index in [0.29, 0.717) is 5.13 Å². The fourth-order valence-corrected chi connectivity index (χ4v) is 4.55. The second-order valence-corrected chi connectivity index (χ2v) is 8.82. The number of hydrogen-bond donors (Lipinski definition) is 1. The zero-order valence-electron chi connectivity index (χ0n) is 16.5. The van der Waals surface area contributed by atoms with Crippen LogP contribution in [0.2, 0.25) is 0 Å². The molecule has 28 heavy (non-hydrogen) atoms. The fraction of sp³-hybridized carbons (Fsp3) is 0.476. The van der Waals surface area contributed by atoms with Gasteiger partial charge in [-0.05, 0) is 56.3 Å². The molecule has 0 bridgehead atoms. The van der Waals surface area contributed by atoms with E-state index in [4.69, 9.17) is 0 Å². The molecule has 1 amide bonds. The van der Waals surface area contributed by atoms with Crippen molar-refractivity contribution in [3.8, 4) is 0 Å². The Hall–Kier alpha value is -2.25. The number of likely N-dealkylation sites (tertiary alicyclic amines) is 1. The van der Waals surface area contributed by atoms with E-state index in [9.17, 15) is 4.79 Å². The highest BCUT2D eigenvalue weighted by molar-refractivity contribution is 7.15. The van der Waals surface area contributed by atoms with Crippen LogP contribution in [0.5, 0.6) is 0 Å². The molecule has 1 saturated heterocycles. The lowest BCUT2D eigenvalue weighted by Gasteiger charge is -2.29. The lowest BCUT2D eigenvalue weighted by Crippen LogP contribution is -2.34. The second-order valence-electron chi connectivity index (χ2n) is 7.75. The number of aryl methyl sites for hydroxylation is 1. The molecule has 1 aliphatic rings. The van der Waals surface area contributed by atoms with Gasteiger partial charge in [-0.15, -0.1) is 10.2 Å². The summed E-state index contributed by atoms with van der Waals surface area (Å²) in [5, 5.41) is 14.0. The van der Waals surface area contributed by atoms with Crippen molar-refractivity contribution >= 4 is 33.3 Å². The van der Waals surface area contributed by atoms with Gasteiger partial charge in [0.15, 0.2) is 0 Å². The maximum absolute atomic E-state index is 12.5. The summed E-state index contributed by atoms with van der Waals surface area (Å²) in [6.07, 6.45) is 3.46. The minimum atomic E-state index is -0.0721. The van der Waals surface area contributed by atoms with Crippen molar-refractivity contribution in [1.82, 2.24) is 19.7 Å². The fourth-order valence-electron chi connectivity index (χ4n) is 3.81. The predicted octanol–water partition coefficient (Wildman–Crippen LogP) is 3.71. The number of nitrogens with one attached hydrogen (secondary N) is 1. The lowest BCUT2D eigenvalue weighted by atomic mass is 9.99. The number of aromatic nitrogens is 3. The van der Waals surface area contributed by atoms with E-state index >= 15 is 0 Å². The van der Waals surface area contributed by atoms with Gasteiger partial charge in [0.2, 0.25) is 11.0 Å². The van der Waals surface area contributed by atoms with E-state index in [0.717, 1.165) is 40.5 Å². The van der Waals surface area contributed by atoms with Crippen LogP contribution in [0.4, 0.5) is 5.13 Å². The summed E-state index contributed by atoms with van der Waals surface area (Å²) in [5.74, 6) is 0.776. The molecule has 1 fully saturated rings. The molecule has 4 rings (SSSR count). The van der Waals surface area contributed by atoms with Crippen LogP contribution in [-0.4, -0.2) is 45.2 Å². The predicted molar refractivity (Wildman–Crippen MR) is 114 cm³/mol. The van der Waals surface area contributed by atoms with Gasteiger partial charge in [-0.1, -0.05) is 36.5 Å². The normalized spacial score (nSPS) is 15.9. The molecule has 0 aliphatic carbocycles. The van der Waals surface area contributed by atoms with E-state index in [1.807, 2.05) is 29.7 Å². The molecule has 0 saturated carbocycles. The van der Waals surface area contributed by atoms with Crippen molar-refractivity contribution in [2.24, 2.45) is 5.92 Å². The van der Waals surface area contributed by atoms with E-state index < -0.39 is 0 Å². The molecule has 6 nitrogen and oxygen atoms in total. The van der Waals surface area contributed by atoms with Crippen LogP contribution < -0.4 is 5.32 Å². The number of piperidine rings is 1. The molecular formula is C21H27N5OS. The molecule has 0 spiro atoms. The second kappa shape index (κ2) is 8.41. The lowest BCUT2D eigenvalue weighted by molar-refractivity contribution is -0.116.